The Balaban J connectivity index is 1.61. The van der Waals surface area contributed by atoms with Crippen LogP contribution in [0.2, 0.25) is 0 Å². The van der Waals surface area contributed by atoms with Gasteiger partial charge in [0.25, 0.3) is 5.91 Å². The average molecular weight is 320 g/mol. The van der Waals surface area contributed by atoms with E-state index in [2.05, 4.69) is 15.5 Å². The predicted molar refractivity (Wildman–Crippen MR) is 94.1 cm³/mol. The molecule has 0 aliphatic carbocycles. The Morgan fingerprint density at radius 1 is 1.12 bits per heavy atom. The fourth-order valence-corrected chi connectivity index (χ4v) is 2.11. The highest BCUT2D eigenvalue weighted by molar-refractivity contribution is 5.82. The summed E-state index contributed by atoms with van der Waals surface area (Å²) in [4.78, 5) is 15.1. The molecule has 0 fully saturated rings. The molecule has 3 rings (SSSR count). The summed E-state index contributed by atoms with van der Waals surface area (Å²) in [5.41, 5.74) is 9.73. The maximum Gasteiger partial charge on any atom is 0.255 e. The van der Waals surface area contributed by atoms with Gasteiger partial charge in [-0.15, -0.1) is 0 Å². The zero-order chi connectivity index (χ0) is 16.8. The molecule has 0 spiro atoms. The van der Waals surface area contributed by atoms with Crippen LogP contribution in [-0.4, -0.2) is 23.7 Å². The molecule has 0 saturated carbocycles. The lowest BCUT2D eigenvalue weighted by molar-refractivity contribution is -0.119. The molecule has 0 saturated heterocycles. The van der Waals surface area contributed by atoms with E-state index in [0.29, 0.717) is 11.6 Å². The van der Waals surface area contributed by atoms with Gasteiger partial charge in [0.2, 0.25) is 0 Å². The number of anilines is 1. The highest BCUT2D eigenvalue weighted by Gasteiger charge is 1.98. The second kappa shape index (κ2) is 7.23. The minimum atomic E-state index is -0.507. The Morgan fingerprint density at radius 3 is 2.71 bits per heavy atom. The van der Waals surface area contributed by atoms with Crippen molar-refractivity contribution in [2.24, 2.45) is 10.8 Å². The largest absolute Gasteiger partial charge is 0.484 e. The average Bonchev–Trinajstić information content (AvgIpc) is 2.61. The van der Waals surface area contributed by atoms with Crippen LogP contribution in [0.1, 0.15) is 5.56 Å². The number of aromatic nitrogens is 1. The van der Waals surface area contributed by atoms with E-state index in [1.54, 1.807) is 18.3 Å². The van der Waals surface area contributed by atoms with Gasteiger partial charge in [0.1, 0.15) is 11.6 Å². The number of para-hydroxylation sites is 1. The van der Waals surface area contributed by atoms with Gasteiger partial charge in [-0.05, 0) is 48.0 Å². The maximum absolute atomic E-state index is 10.7. The molecule has 0 radical (unpaired) electrons. The summed E-state index contributed by atoms with van der Waals surface area (Å²) in [7, 11) is 0. The number of ether oxygens (including phenoxy) is 1. The summed E-state index contributed by atoms with van der Waals surface area (Å²) < 4.78 is 5.19. The Morgan fingerprint density at radius 2 is 1.92 bits per heavy atom. The molecule has 120 valence electrons. The molecule has 24 heavy (non-hydrogen) atoms. The molecule has 1 aromatic heterocycles. The number of nitrogens with zero attached hydrogens (tertiary/aromatic N) is 2. The zero-order valence-corrected chi connectivity index (χ0v) is 12.8. The normalized spacial score (nSPS) is 10.8. The van der Waals surface area contributed by atoms with Crippen LogP contribution in [0.5, 0.6) is 5.75 Å². The van der Waals surface area contributed by atoms with Gasteiger partial charge in [-0.25, -0.2) is 4.98 Å². The van der Waals surface area contributed by atoms with Gasteiger partial charge in [0.15, 0.2) is 6.61 Å². The van der Waals surface area contributed by atoms with E-state index in [9.17, 15) is 4.79 Å². The molecule has 3 N–H and O–H groups in total. The molecular formula is C18H16N4O2. The molecule has 0 bridgehead atoms. The summed E-state index contributed by atoms with van der Waals surface area (Å²) in [6.45, 7) is -0.136. The van der Waals surface area contributed by atoms with Crippen LogP contribution in [0, 0.1) is 0 Å². The molecule has 0 unspecified atom stereocenters. The zero-order valence-electron chi connectivity index (χ0n) is 12.8. The van der Waals surface area contributed by atoms with Gasteiger partial charge in [-0.1, -0.05) is 18.2 Å². The minimum Gasteiger partial charge on any atom is -0.484 e. The van der Waals surface area contributed by atoms with Crippen LogP contribution >= 0.6 is 0 Å². The SMILES string of the molecule is NC(=O)COc1ccc(/C=N\Nc2ccc3ccccc3n2)cc1. The molecule has 1 amide bonds. The molecule has 6 heteroatoms. The first-order valence-corrected chi connectivity index (χ1v) is 7.37. The van der Waals surface area contributed by atoms with Gasteiger partial charge in [0, 0.05) is 5.39 Å². The monoisotopic (exact) mass is 320 g/mol. The van der Waals surface area contributed by atoms with E-state index in [-0.39, 0.29) is 6.61 Å². The Kier molecular flexibility index (Phi) is 4.67. The van der Waals surface area contributed by atoms with Crippen LogP contribution < -0.4 is 15.9 Å². The number of carbonyl (C=O) groups excluding carboxylic acids is 1. The van der Waals surface area contributed by atoms with Gasteiger partial charge >= 0.3 is 0 Å². The third-order valence-electron chi connectivity index (χ3n) is 3.25. The highest BCUT2D eigenvalue weighted by Crippen LogP contribution is 2.14. The maximum atomic E-state index is 10.7. The lowest BCUT2D eigenvalue weighted by Crippen LogP contribution is -2.19. The fraction of sp³-hybridized carbons (Fsp3) is 0.0556. The summed E-state index contributed by atoms with van der Waals surface area (Å²) in [6, 6.07) is 18.9. The fourth-order valence-electron chi connectivity index (χ4n) is 2.11. The number of nitrogens with one attached hydrogen (secondary N) is 1. The van der Waals surface area contributed by atoms with Crippen molar-refractivity contribution < 1.29 is 9.53 Å². The molecule has 6 nitrogen and oxygen atoms in total. The van der Waals surface area contributed by atoms with Crippen molar-refractivity contribution in [2.75, 3.05) is 12.0 Å². The van der Waals surface area contributed by atoms with Crippen molar-refractivity contribution >= 4 is 28.8 Å². The van der Waals surface area contributed by atoms with Gasteiger partial charge in [-0.3, -0.25) is 10.2 Å². The summed E-state index contributed by atoms with van der Waals surface area (Å²) >= 11 is 0. The molecule has 0 aliphatic heterocycles. The second-order valence-electron chi connectivity index (χ2n) is 5.08. The molecule has 2 aromatic carbocycles. The third kappa shape index (κ3) is 4.07. The van der Waals surface area contributed by atoms with Crippen molar-refractivity contribution in [2.45, 2.75) is 0 Å². The van der Waals surface area contributed by atoms with Crippen LogP contribution in [0.4, 0.5) is 5.82 Å². The Bertz CT molecular complexity index is 876. The second-order valence-corrected chi connectivity index (χ2v) is 5.08. The number of benzene rings is 2. The number of amides is 1. The van der Waals surface area contributed by atoms with Crippen molar-refractivity contribution in [3.63, 3.8) is 0 Å². The molecule has 0 atom stereocenters. The van der Waals surface area contributed by atoms with E-state index in [1.165, 1.54) is 0 Å². The number of pyridine rings is 1. The van der Waals surface area contributed by atoms with Gasteiger partial charge < -0.3 is 10.5 Å². The predicted octanol–water partition coefficient (Wildman–Crippen LogP) is 2.54. The number of rotatable bonds is 6. The Labute approximate surface area is 139 Å². The smallest absolute Gasteiger partial charge is 0.255 e. The number of primary amides is 1. The van der Waals surface area contributed by atoms with E-state index in [0.717, 1.165) is 16.5 Å². The van der Waals surface area contributed by atoms with Crippen molar-refractivity contribution in [3.05, 3.63) is 66.2 Å². The third-order valence-corrected chi connectivity index (χ3v) is 3.25. The topological polar surface area (TPSA) is 89.6 Å². The molecular weight excluding hydrogens is 304 g/mol. The standard InChI is InChI=1S/C18H16N4O2/c19-17(23)12-24-15-8-5-13(6-9-15)11-20-22-18-10-7-14-3-1-2-4-16(14)21-18/h1-11H,12H2,(H2,19,23)(H,21,22)/b20-11-. The highest BCUT2D eigenvalue weighted by atomic mass is 16.5. The molecule has 0 aliphatic rings. The molecule has 3 aromatic rings. The van der Waals surface area contributed by atoms with E-state index < -0.39 is 5.91 Å². The number of carbonyl (C=O) groups is 1. The van der Waals surface area contributed by atoms with Crippen molar-refractivity contribution in [1.82, 2.24) is 4.98 Å². The Hall–Kier alpha value is -3.41. The van der Waals surface area contributed by atoms with Gasteiger partial charge in [-0.2, -0.15) is 5.10 Å². The first kappa shape index (κ1) is 15.5. The minimum absolute atomic E-state index is 0.136. The first-order chi connectivity index (χ1) is 11.7. The number of fused-ring (bicyclic) bond motifs is 1. The lowest BCUT2D eigenvalue weighted by Gasteiger charge is -2.03. The van der Waals surface area contributed by atoms with Crippen LogP contribution in [-0.2, 0) is 4.79 Å². The van der Waals surface area contributed by atoms with Gasteiger partial charge in [0.05, 0.1) is 11.7 Å². The molecule has 1 heterocycles. The summed E-state index contributed by atoms with van der Waals surface area (Å²) in [5.74, 6) is 0.745. The van der Waals surface area contributed by atoms with Crippen molar-refractivity contribution in [1.29, 1.82) is 0 Å². The number of hydrazone groups is 1. The van der Waals surface area contributed by atoms with Crippen LogP contribution in [0.25, 0.3) is 10.9 Å². The van der Waals surface area contributed by atoms with Crippen LogP contribution in [0.3, 0.4) is 0 Å². The first-order valence-electron chi connectivity index (χ1n) is 7.37. The van der Waals surface area contributed by atoms with Crippen LogP contribution in [0.15, 0.2) is 65.8 Å². The summed E-state index contributed by atoms with van der Waals surface area (Å²) in [5, 5.41) is 5.25. The van der Waals surface area contributed by atoms with Crippen molar-refractivity contribution in [3.8, 4) is 5.75 Å². The number of nitrogens with two attached hydrogens (primary N) is 1. The number of hydrogen-bond donors (Lipinski definition) is 2. The van der Waals surface area contributed by atoms with E-state index in [1.807, 2.05) is 48.5 Å². The lowest BCUT2D eigenvalue weighted by atomic mass is 10.2. The quantitative estimate of drug-likeness (QED) is 0.539. The summed E-state index contributed by atoms with van der Waals surface area (Å²) in [6.07, 6.45) is 1.68. The van der Waals surface area contributed by atoms with E-state index >= 15 is 0 Å². The number of hydrogen-bond acceptors (Lipinski definition) is 5. The van der Waals surface area contributed by atoms with E-state index in [4.69, 9.17) is 10.5 Å².